The molecule has 16 heteroatoms. The first-order valence-electron chi connectivity index (χ1n) is 36.8. The van der Waals surface area contributed by atoms with Crippen LogP contribution >= 0.6 is 0 Å². The van der Waals surface area contributed by atoms with Gasteiger partial charge in [0.15, 0.2) is 6.10 Å². The fraction of sp³-hybridized carbons (Fsp3) is 0.958. The van der Waals surface area contributed by atoms with Crippen molar-refractivity contribution in [2.24, 2.45) is 0 Å². The van der Waals surface area contributed by atoms with E-state index in [1.54, 1.807) is 0 Å². The zero-order valence-electron chi connectivity index (χ0n) is 57.1. The average Bonchev–Trinajstić information content (AvgIpc) is 3.51. The number of hydrogen-bond acceptors (Lipinski definition) is 16. The maximum Gasteiger partial charge on any atom is 0.306 e. The second-order valence-electron chi connectivity index (χ2n) is 25.5. The van der Waals surface area contributed by atoms with Crippen molar-refractivity contribution >= 4 is 17.9 Å². The fourth-order valence-electron chi connectivity index (χ4n) is 10.8. The molecule has 0 spiro atoms. The first-order valence-corrected chi connectivity index (χ1v) is 36.8. The quantitative estimate of drug-likeness (QED) is 0.0217. The molecule has 0 aromatic rings. The van der Waals surface area contributed by atoms with E-state index in [2.05, 4.69) is 20.8 Å². The highest BCUT2D eigenvalue weighted by Crippen LogP contribution is 2.18. The van der Waals surface area contributed by atoms with E-state index in [-0.39, 0.29) is 103 Å². The van der Waals surface area contributed by atoms with E-state index >= 15 is 0 Å². The monoisotopic (exact) mass is 1260 g/mol. The molecule has 0 fully saturated rings. The molecule has 0 aliphatic carbocycles. The van der Waals surface area contributed by atoms with E-state index in [1.165, 1.54) is 218 Å². The van der Waals surface area contributed by atoms with Crippen LogP contribution in [-0.2, 0) is 52.3 Å². The van der Waals surface area contributed by atoms with Crippen LogP contribution in [0.2, 0.25) is 0 Å². The van der Waals surface area contributed by atoms with E-state index in [0.29, 0.717) is 19.3 Å². The van der Waals surface area contributed by atoms with E-state index in [0.717, 1.165) is 57.8 Å². The number of ether oxygens (including phenoxy) is 8. The molecule has 0 bridgehead atoms. The third kappa shape index (κ3) is 65.5. The molecule has 0 radical (unpaired) electrons. The Morgan fingerprint density at radius 2 is 0.443 bits per heavy atom. The largest absolute Gasteiger partial charge is 0.462 e. The fourth-order valence-corrected chi connectivity index (χ4v) is 10.8. The minimum Gasteiger partial charge on any atom is -0.462 e. The summed E-state index contributed by atoms with van der Waals surface area (Å²) in [6.45, 7) is 4.91. The molecular formula is C72H140O16. The number of unbranched alkanes of at least 4 members (excludes halogenated alkanes) is 42. The summed E-state index contributed by atoms with van der Waals surface area (Å²) in [5.41, 5.74) is 0. The van der Waals surface area contributed by atoms with Crippen molar-refractivity contribution in [3.8, 4) is 0 Å². The molecule has 0 aliphatic rings. The standard InChI is InChI=1S/C72H140O16/c1-4-7-10-13-16-19-22-25-28-31-34-37-40-43-46-49-70(78)86-63-69(88-72(80)51-48-45-42-39-36-33-30-27-24-21-18-15-12-9-6-3)62-85-61-68(87-71(79)50-47-44-41-38-35-32-29-26-23-20-17-14-11-8-5-2)60-84-59-67(77)58-83-57-66(76)56-82-55-65(75)54-81-53-64(74)52-73/h64-69,73-77H,4-63H2,1-3H3. The highest BCUT2D eigenvalue weighted by molar-refractivity contribution is 5.70. The van der Waals surface area contributed by atoms with Gasteiger partial charge in [-0.2, -0.15) is 0 Å². The highest BCUT2D eigenvalue weighted by atomic mass is 16.6. The lowest BCUT2D eigenvalue weighted by atomic mass is 10.0. The van der Waals surface area contributed by atoms with E-state index in [4.69, 9.17) is 43.0 Å². The molecule has 6 unspecified atom stereocenters. The van der Waals surface area contributed by atoms with Crippen LogP contribution in [0.3, 0.4) is 0 Å². The summed E-state index contributed by atoms with van der Waals surface area (Å²) < 4.78 is 45.3. The number of esters is 3. The van der Waals surface area contributed by atoms with E-state index in [1.807, 2.05) is 0 Å². The minimum atomic E-state index is -1.07. The molecular weight excluding hydrogens is 1120 g/mol. The number of carbonyl (C=O) groups is 3. The molecule has 0 saturated carbocycles. The van der Waals surface area contributed by atoms with Gasteiger partial charge < -0.3 is 63.4 Å². The van der Waals surface area contributed by atoms with Crippen molar-refractivity contribution in [2.45, 2.75) is 366 Å². The number of carbonyl (C=O) groups excluding carboxylic acids is 3. The summed E-state index contributed by atoms with van der Waals surface area (Å²) in [7, 11) is 0. The lowest BCUT2D eigenvalue weighted by Crippen LogP contribution is -2.34. The second kappa shape index (κ2) is 69.4. The lowest BCUT2D eigenvalue weighted by molar-refractivity contribution is -0.167. The Morgan fingerprint density at radius 3 is 0.693 bits per heavy atom. The Morgan fingerprint density at radius 1 is 0.250 bits per heavy atom. The average molecular weight is 1260 g/mol. The molecule has 0 heterocycles. The van der Waals surface area contributed by atoms with Crippen LogP contribution in [-0.4, -0.2) is 159 Å². The molecule has 0 rings (SSSR count). The summed E-state index contributed by atoms with van der Waals surface area (Å²) in [5, 5.41) is 49.2. The maximum atomic E-state index is 13.2. The molecule has 0 aromatic heterocycles. The molecule has 0 aromatic carbocycles. The normalized spacial score (nSPS) is 13.8. The first-order chi connectivity index (χ1) is 43.0. The van der Waals surface area contributed by atoms with Gasteiger partial charge in [-0.25, -0.2) is 0 Å². The van der Waals surface area contributed by atoms with Crippen LogP contribution in [0.15, 0.2) is 0 Å². The van der Waals surface area contributed by atoms with Gasteiger partial charge in [0.05, 0.1) is 72.7 Å². The topological polar surface area (TPSA) is 226 Å². The molecule has 88 heavy (non-hydrogen) atoms. The van der Waals surface area contributed by atoms with Crippen LogP contribution in [0.4, 0.5) is 0 Å². The summed E-state index contributed by atoms with van der Waals surface area (Å²) in [6, 6.07) is 0. The van der Waals surface area contributed by atoms with Gasteiger partial charge in [-0.15, -0.1) is 0 Å². The zero-order valence-corrected chi connectivity index (χ0v) is 57.1. The third-order valence-electron chi connectivity index (χ3n) is 16.3. The number of rotatable bonds is 73. The van der Waals surface area contributed by atoms with Gasteiger partial charge in [0, 0.05) is 19.3 Å². The predicted octanol–water partition coefficient (Wildman–Crippen LogP) is 15.7. The summed E-state index contributed by atoms with van der Waals surface area (Å²) in [5.74, 6) is -1.09. The zero-order chi connectivity index (χ0) is 64.3. The van der Waals surface area contributed by atoms with Gasteiger partial charge in [0.1, 0.15) is 37.1 Å². The van der Waals surface area contributed by atoms with E-state index < -0.39 is 43.2 Å². The van der Waals surface area contributed by atoms with Gasteiger partial charge in [-0.1, -0.05) is 290 Å². The van der Waals surface area contributed by atoms with Gasteiger partial charge in [-0.3, -0.25) is 14.4 Å². The lowest BCUT2D eigenvalue weighted by Gasteiger charge is -2.22. The Labute approximate surface area is 538 Å². The SMILES string of the molecule is CCCCCCCCCCCCCCCCCC(=O)OCC(COCC(COCC(O)COCC(O)COCC(O)COCC(O)CO)OC(=O)CCCCCCCCCCCCCCCCC)OC(=O)CCCCCCCCCCCCCCCCC. The van der Waals surface area contributed by atoms with Crippen LogP contribution in [0.5, 0.6) is 0 Å². The van der Waals surface area contributed by atoms with E-state index in [9.17, 15) is 34.8 Å². The van der Waals surface area contributed by atoms with Crippen LogP contribution in [0.25, 0.3) is 0 Å². The van der Waals surface area contributed by atoms with Crippen molar-refractivity contribution < 1.29 is 77.8 Å². The Hall–Kier alpha value is -1.99. The third-order valence-corrected chi connectivity index (χ3v) is 16.3. The maximum absolute atomic E-state index is 13.2. The molecule has 5 N–H and O–H groups in total. The summed E-state index contributed by atoms with van der Waals surface area (Å²) >= 11 is 0. The number of aliphatic hydroxyl groups excluding tert-OH is 5. The Kier molecular flexibility index (Phi) is 67.8. The molecule has 6 atom stereocenters. The predicted molar refractivity (Wildman–Crippen MR) is 355 cm³/mol. The van der Waals surface area contributed by atoms with Crippen molar-refractivity contribution in [3.05, 3.63) is 0 Å². The molecule has 524 valence electrons. The van der Waals surface area contributed by atoms with Crippen molar-refractivity contribution in [1.29, 1.82) is 0 Å². The van der Waals surface area contributed by atoms with Gasteiger partial charge in [0.25, 0.3) is 0 Å². The summed E-state index contributed by atoms with van der Waals surface area (Å²) in [4.78, 5) is 39.5. The highest BCUT2D eigenvalue weighted by Gasteiger charge is 2.22. The molecule has 0 saturated heterocycles. The number of hydrogen-bond donors (Lipinski definition) is 5. The van der Waals surface area contributed by atoms with Crippen molar-refractivity contribution in [2.75, 3.05) is 79.3 Å². The summed E-state index contributed by atoms with van der Waals surface area (Å²) in [6.07, 6.45) is 50.3. The van der Waals surface area contributed by atoms with Crippen LogP contribution in [0, 0.1) is 0 Å². The Balaban J connectivity index is 5.30. The molecule has 0 aliphatic heterocycles. The van der Waals surface area contributed by atoms with Crippen LogP contribution < -0.4 is 0 Å². The van der Waals surface area contributed by atoms with Gasteiger partial charge >= 0.3 is 17.9 Å². The van der Waals surface area contributed by atoms with Crippen molar-refractivity contribution in [3.63, 3.8) is 0 Å². The van der Waals surface area contributed by atoms with Crippen molar-refractivity contribution in [1.82, 2.24) is 0 Å². The van der Waals surface area contributed by atoms with Gasteiger partial charge in [-0.05, 0) is 19.3 Å². The number of aliphatic hydroxyl groups is 5. The smallest absolute Gasteiger partial charge is 0.306 e. The molecule has 16 nitrogen and oxygen atoms in total. The second-order valence-corrected chi connectivity index (χ2v) is 25.5. The minimum absolute atomic E-state index is 0.0883. The first kappa shape index (κ1) is 86.0. The van der Waals surface area contributed by atoms with Crippen LogP contribution in [0.1, 0.15) is 329 Å². The molecule has 0 amide bonds. The Bertz CT molecular complexity index is 1440. The van der Waals surface area contributed by atoms with Gasteiger partial charge in [0.2, 0.25) is 0 Å².